The normalized spacial score (nSPS) is 15.7. The highest BCUT2D eigenvalue weighted by molar-refractivity contribution is 7.92. The van der Waals surface area contributed by atoms with Crippen LogP contribution in [0.2, 0.25) is 0 Å². The standard InChI is InChI=1S/C31H38N2O7S/c1-6-31(7-2)20-26(25-11-9-10-12-27(25)40-31)32-30(34)21-33(22-13-15-23(16-14-22)39-8-3)41(35,36)24-17-18-28(37-4)29(19-24)38-5/h9-19,26H,6-8,20-21H2,1-5H3,(H,32,34). The molecule has 1 unspecified atom stereocenters. The summed E-state index contributed by atoms with van der Waals surface area (Å²) < 4.78 is 51.7. The molecule has 1 amide bonds. The van der Waals surface area contributed by atoms with Crippen molar-refractivity contribution in [3.63, 3.8) is 0 Å². The van der Waals surface area contributed by atoms with E-state index in [2.05, 4.69) is 19.2 Å². The second-order valence-electron chi connectivity index (χ2n) is 9.81. The van der Waals surface area contributed by atoms with E-state index >= 15 is 0 Å². The quantitative estimate of drug-likeness (QED) is 0.301. The van der Waals surface area contributed by atoms with E-state index in [0.29, 0.717) is 30.2 Å². The zero-order chi connectivity index (χ0) is 29.6. The van der Waals surface area contributed by atoms with Crippen molar-refractivity contribution < 1.29 is 32.2 Å². The summed E-state index contributed by atoms with van der Waals surface area (Å²) in [5, 5.41) is 3.10. The van der Waals surface area contributed by atoms with E-state index in [1.54, 1.807) is 24.3 Å². The van der Waals surface area contributed by atoms with Crippen LogP contribution >= 0.6 is 0 Å². The van der Waals surface area contributed by atoms with E-state index in [1.165, 1.54) is 32.4 Å². The van der Waals surface area contributed by atoms with Gasteiger partial charge in [0.2, 0.25) is 5.91 Å². The first-order valence-corrected chi connectivity index (χ1v) is 15.2. The number of ether oxygens (including phenoxy) is 4. The van der Waals surface area contributed by atoms with E-state index in [4.69, 9.17) is 18.9 Å². The summed E-state index contributed by atoms with van der Waals surface area (Å²) in [5.74, 6) is 1.54. The Hall–Kier alpha value is -3.92. The molecule has 1 aliphatic rings. The highest BCUT2D eigenvalue weighted by Gasteiger charge is 2.39. The summed E-state index contributed by atoms with van der Waals surface area (Å²) in [7, 11) is -1.28. The number of benzene rings is 3. The van der Waals surface area contributed by atoms with Crippen molar-refractivity contribution >= 4 is 21.6 Å². The lowest BCUT2D eigenvalue weighted by atomic mass is 9.83. The Morgan fingerprint density at radius 2 is 1.66 bits per heavy atom. The minimum absolute atomic E-state index is 0.0378. The number of anilines is 1. The number of nitrogens with zero attached hydrogens (tertiary/aromatic N) is 1. The number of amides is 1. The van der Waals surface area contributed by atoms with Crippen LogP contribution in [-0.4, -0.2) is 47.3 Å². The van der Waals surface area contributed by atoms with Gasteiger partial charge in [-0.15, -0.1) is 0 Å². The van der Waals surface area contributed by atoms with Gasteiger partial charge in [0.25, 0.3) is 10.0 Å². The van der Waals surface area contributed by atoms with Gasteiger partial charge in [0.15, 0.2) is 11.5 Å². The number of carbonyl (C=O) groups is 1. The Morgan fingerprint density at radius 1 is 0.976 bits per heavy atom. The maximum Gasteiger partial charge on any atom is 0.264 e. The Bertz CT molecular complexity index is 1450. The van der Waals surface area contributed by atoms with E-state index in [0.717, 1.165) is 28.5 Å². The van der Waals surface area contributed by atoms with Gasteiger partial charge in [0.05, 0.1) is 37.5 Å². The molecular weight excluding hydrogens is 544 g/mol. The molecule has 0 aliphatic carbocycles. The van der Waals surface area contributed by atoms with Crippen molar-refractivity contribution in [3.8, 4) is 23.0 Å². The van der Waals surface area contributed by atoms with Gasteiger partial charge in [-0.1, -0.05) is 32.0 Å². The Balaban J connectivity index is 1.68. The van der Waals surface area contributed by atoms with Crippen LogP contribution in [0.15, 0.2) is 71.6 Å². The predicted molar refractivity (Wildman–Crippen MR) is 158 cm³/mol. The van der Waals surface area contributed by atoms with E-state index in [9.17, 15) is 13.2 Å². The molecule has 0 fully saturated rings. The first kappa shape index (κ1) is 30.0. The van der Waals surface area contributed by atoms with Gasteiger partial charge in [0.1, 0.15) is 23.6 Å². The van der Waals surface area contributed by atoms with Crippen molar-refractivity contribution in [2.24, 2.45) is 0 Å². The van der Waals surface area contributed by atoms with Crippen LogP contribution in [0, 0.1) is 0 Å². The van der Waals surface area contributed by atoms with E-state index in [-0.39, 0.29) is 16.7 Å². The number of rotatable bonds is 12. The molecule has 0 radical (unpaired) electrons. The monoisotopic (exact) mass is 582 g/mol. The summed E-state index contributed by atoms with van der Waals surface area (Å²) in [6.45, 7) is 6.04. The van der Waals surface area contributed by atoms with Gasteiger partial charge in [-0.2, -0.15) is 0 Å². The van der Waals surface area contributed by atoms with E-state index in [1.807, 2.05) is 31.2 Å². The minimum atomic E-state index is -4.19. The van der Waals surface area contributed by atoms with Crippen LogP contribution in [0.25, 0.3) is 0 Å². The third-order valence-corrected chi connectivity index (χ3v) is 9.26. The average molecular weight is 583 g/mol. The molecule has 0 saturated carbocycles. The Morgan fingerprint density at radius 3 is 2.29 bits per heavy atom. The number of nitrogens with one attached hydrogen (secondary N) is 1. The molecule has 10 heteroatoms. The molecule has 1 aliphatic heterocycles. The minimum Gasteiger partial charge on any atom is -0.494 e. The van der Waals surface area contributed by atoms with Crippen LogP contribution in [-0.2, 0) is 14.8 Å². The maximum absolute atomic E-state index is 14.0. The zero-order valence-corrected chi connectivity index (χ0v) is 25.0. The molecule has 0 aromatic heterocycles. The fourth-order valence-electron chi connectivity index (χ4n) is 5.10. The molecule has 41 heavy (non-hydrogen) atoms. The third-order valence-electron chi connectivity index (χ3n) is 7.49. The summed E-state index contributed by atoms with van der Waals surface area (Å²) in [6, 6.07) is 18.3. The molecule has 9 nitrogen and oxygen atoms in total. The molecule has 4 rings (SSSR count). The Labute approximate surface area is 242 Å². The zero-order valence-electron chi connectivity index (χ0n) is 24.2. The molecule has 0 saturated heterocycles. The number of sulfonamides is 1. The fourth-order valence-corrected chi connectivity index (χ4v) is 6.53. The summed E-state index contributed by atoms with van der Waals surface area (Å²) in [4.78, 5) is 13.6. The first-order valence-electron chi connectivity index (χ1n) is 13.7. The molecule has 220 valence electrons. The molecule has 0 bridgehead atoms. The van der Waals surface area contributed by atoms with Crippen LogP contribution in [0.4, 0.5) is 5.69 Å². The van der Waals surface area contributed by atoms with Crippen molar-refractivity contribution in [3.05, 3.63) is 72.3 Å². The fraction of sp³-hybridized carbons (Fsp3) is 0.387. The van der Waals surface area contributed by atoms with Gasteiger partial charge in [-0.05, 0) is 62.2 Å². The summed E-state index contributed by atoms with van der Waals surface area (Å²) >= 11 is 0. The molecular formula is C31H38N2O7S. The highest BCUT2D eigenvalue weighted by atomic mass is 32.2. The number of fused-ring (bicyclic) bond motifs is 1. The molecule has 1 atom stereocenters. The van der Waals surface area contributed by atoms with Gasteiger partial charge >= 0.3 is 0 Å². The lowest BCUT2D eigenvalue weighted by molar-refractivity contribution is -0.121. The van der Waals surface area contributed by atoms with Crippen molar-refractivity contribution in [1.82, 2.24) is 5.32 Å². The second kappa shape index (κ2) is 12.7. The first-order chi connectivity index (χ1) is 19.7. The number of methoxy groups -OCH3 is 2. The number of para-hydroxylation sites is 1. The lowest BCUT2D eigenvalue weighted by Gasteiger charge is -2.41. The lowest BCUT2D eigenvalue weighted by Crippen LogP contribution is -2.47. The van der Waals surface area contributed by atoms with Crippen molar-refractivity contribution in [1.29, 1.82) is 0 Å². The van der Waals surface area contributed by atoms with E-state index < -0.39 is 28.1 Å². The smallest absolute Gasteiger partial charge is 0.264 e. The van der Waals surface area contributed by atoms with Crippen LogP contribution in [0.1, 0.15) is 51.6 Å². The van der Waals surface area contributed by atoms with Crippen LogP contribution in [0.5, 0.6) is 23.0 Å². The third kappa shape index (κ3) is 6.37. The number of carbonyl (C=O) groups excluding carboxylic acids is 1. The molecule has 1 N–H and O–H groups in total. The van der Waals surface area contributed by atoms with Crippen molar-refractivity contribution in [2.45, 2.75) is 56.6 Å². The van der Waals surface area contributed by atoms with Gasteiger partial charge in [-0.3, -0.25) is 9.10 Å². The number of hydrogen-bond donors (Lipinski definition) is 1. The maximum atomic E-state index is 14.0. The highest BCUT2D eigenvalue weighted by Crippen LogP contribution is 2.42. The molecule has 3 aromatic rings. The second-order valence-corrected chi connectivity index (χ2v) is 11.7. The molecule has 3 aromatic carbocycles. The van der Waals surface area contributed by atoms with Crippen molar-refractivity contribution in [2.75, 3.05) is 31.7 Å². The van der Waals surface area contributed by atoms with Gasteiger partial charge in [-0.25, -0.2) is 8.42 Å². The average Bonchev–Trinajstić information content (AvgIpc) is 2.99. The Kier molecular flexibility index (Phi) is 9.32. The predicted octanol–water partition coefficient (Wildman–Crippen LogP) is 5.50. The number of hydrogen-bond acceptors (Lipinski definition) is 7. The summed E-state index contributed by atoms with van der Waals surface area (Å²) in [5.41, 5.74) is 0.767. The molecule has 1 heterocycles. The summed E-state index contributed by atoms with van der Waals surface area (Å²) in [6.07, 6.45) is 2.13. The topological polar surface area (TPSA) is 103 Å². The van der Waals surface area contributed by atoms with Gasteiger partial charge in [0, 0.05) is 18.1 Å². The largest absolute Gasteiger partial charge is 0.494 e. The molecule has 0 spiro atoms. The van der Waals surface area contributed by atoms with Crippen LogP contribution in [0.3, 0.4) is 0 Å². The van der Waals surface area contributed by atoms with Crippen LogP contribution < -0.4 is 28.6 Å². The SMILES string of the molecule is CCOc1ccc(N(CC(=O)NC2CC(CC)(CC)Oc3ccccc32)S(=O)(=O)c2ccc(OC)c(OC)c2)cc1. The van der Waals surface area contributed by atoms with Gasteiger partial charge < -0.3 is 24.3 Å².